The third kappa shape index (κ3) is 3.59. The van der Waals surface area contributed by atoms with Gasteiger partial charge in [-0.15, -0.1) is 0 Å². The van der Waals surface area contributed by atoms with Crippen LogP contribution in [0.15, 0.2) is 54.6 Å². The normalized spacial score (nSPS) is 15.0. The van der Waals surface area contributed by atoms with Crippen molar-refractivity contribution in [2.45, 2.75) is 33.6 Å². The van der Waals surface area contributed by atoms with Crippen LogP contribution < -0.4 is 0 Å². The highest BCUT2D eigenvalue weighted by molar-refractivity contribution is 5.94. The molecule has 3 aromatic rings. The Morgan fingerprint density at radius 3 is 2.43 bits per heavy atom. The fourth-order valence-electron chi connectivity index (χ4n) is 3.79. The lowest BCUT2D eigenvalue weighted by molar-refractivity contribution is 0.0688. The molecule has 0 saturated carbocycles. The van der Waals surface area contributed by atoms with Crippen LogP contribution in [0.4, 0.5) is 0 Å². The lowest BCUT2D eigenvalue weighted by Gasteiger charge is -2.30. The summed E-state index contributed by atoms with van der Waals surface area (Å²) < 4.78 is 1.84. The molecule has 0 N–H and O–H groups in total. The summed E-state index contributed by atoms with van der Waals surface area (Å²) in [5.74, 6) is 0.760. The largest absolute Gasteiger partial charge is 0.337 e. The molecule has 0 atom stereocenters. The van der Waals surface area contributed by atoms with E-state index < -0.39 is 0 Å². The highest BCUT2D eigenvalue weighted by atomic mass is 16.2. The fraction of sp³-hybridized carbons (Fsp3) is 0.333. The second-order valence-electron chi connectivity index (χ2n) is 7.96. The molecule has 1 aromatic heterocycles. The van der Waals surface area contributed by atoms with E-state index in [2.05, 4.69) is 39.0 Å². The predicted molar refractivity (Wildman–Crippen MR) is 113 cm³/mol. The number of nitrogens with zero attached hydrogens (tertiary/aromatic N) is 3. The van der Waals surface area contributed by atoms with Gasteiger partial charge in [0.05, 0.1) is 11.4 Å². The topological polar surface area (TPSA) is 38.1 Å². The van der Waals surface area contributed by atoms with Crippen LogP contribution in [0, 0.1) is 19.8 Å². The predicted octanol–water partition coefficient (Wildman–Crippen LogP) is 5.03. The van der Waals surface area contributed by atoms with Crippen molar-refractivity contribution < 1.29 is 4.79 Å². The molecule has 0 bridgehead atoms. The zero-order valence-electron chi connectivity index (χ0n) is 16.9. The summed E-state index contributed by atoms with van der Waals surface area (Å²) in [6.07, 6.45) is 2.13. The van der Waals surface area contributed by atoms with Crippen molar-refractivity contribution in [2.75, 3.05) is 13.1 Å². The second kappa shape index (κ2) is 7.63. The first-order valence-corrected chi connectivity index (χ1v) is 10.1. The van der Waals surface area contributed by atoms with E-state index in [0.29, 0.717) is 11.6 Å². The monoisotopic (exact) mass is 373 g/mol. The second-order valence-corrected chi connectivity index (χ2v) is 7.96. The van der Waals surface area contributed by atoms with Crippen LogP contribution in [0.3, 0.4) is 0 Å². The van der Waals surface area contributed by atoms with Gasteiger partial charge in [-0.1, -0.05) is 49.4 Å². The maximum Gasteiger partial charge on any atom is 0.272 e. The molecule has 1 amide bonds. The van der Waals surface area contributed by atoms with Crippen molar-refractivity contribution in [3.63, 3.8) is 0 Å². The maximum absolute atomic E-state index is 13.4. The Morgan fingerprint density at radius 2 is 1.71 bits per heavy atom. The summed E-state index contributed by atoms with van der Waals surface area (Å²) in [7, 11) is 0. The molecule has 1 aliphatic heterocycles. The van der Waals surface area contributed by atoms with Gasteiger partial charge in [0.2, 0.25) is 0 Å². The molecule has 1 fully saturated rings. The third-order valence-corrected chi connectivity index (χ3v) is 5.66. The lowest BCUT2D eigenvalue weighted by atomic mass is 9.99. The Hall–Kier alpha value is -2.88. The lowest BCUT2D eigenvalue weighted by Crippen LogP contribution is -2.38. The Bertz CT molecular complexity index is 982. The number of aromatic nitrogens is 2. The molecule has 1 saturated heterocycles. The van der Waals surface area contributed by atoms with Gasteiger partial charge in [-0.05, 0) is 55.9 Å². The van der Waals surface area contributed by atoms with Crippen molar-refractivity contribution in [1.82, 2.24) is 14.7 Å². The van der Waals surface area contributed by atoms with Gasteiger partial charge in [-0.25, -0.2) is 4.68 Å². The van der Waals surface area contributed by atoms with Gasteiger partial charge in [-0.2, -0.15) is 5.10 Å². The average Bonchev–Trinajstić information content (AvgIpc) is 3.16. The van der Waals surface area contributed by atoms with E-state index in [1.54, 1.807) is 0 Å². The van der Waals surface area contributed by atoms with Crippen LogP contribution in [-0.2, 0) is 0 Å². The number of carbonyl (C=O) groups is 1. The highest BCUT2D eigenvalue weighted by Gasteiger charge is 2.26. The average molecular weight is 374 g/mol. The number of piperidine rings is 1. The Balaban J connectivity index is 1.80. The molecule has 2 aromatic carbocycles. The first-order valence-electron chi connectivity index (χ1n) is 10.1. The quantitative estimate of drug-likeness (QED) is 0.646. The standard InChI is InChI=1S/C24H27N3O/c1-17-11-13-26(14-12-17)24(28)23-16-21(20-7-5-4-6-8-20)25-27(23)22-15-18(2)9-10-19(22)3/h4-10,15-17H,11-14H2,1-3H3. The Labute approximate surface area is 166 Å². The molecule has 0 radical (unpaired) electrons. The first-order chi connectivity index (χ1) is 13.5. The molecular weight excluding hydrogens is 346 g/mol. The molecular formula is C24H27N3O. The first kappa shape index (κ1) is 18.5. The van der Waals surface area contributed by atoms with E-state index >= 15 is 0 Å². The van der Waals surface area contributed by atoms with Crippen LogP contribution in [0.5, 0.6) is 0 Å². The number of likely N-dealkylation sites (tertiary alicyclic amines) is 1. The van der Waals surface area contributed by atoms with Gasteiger partial charge in [0, 0.05) is 18.7 Å². The van der Waals surface area contributed by atoms with Gasteiger partial charge in [0.25, 0.3) is 5.91 Å². The summed E-state index contributed by atoms with van der Waals surface area (Å²) in [5.41, 5.74) is 5.72. The van der Waals surface area contributed by atoms with Crippen molar-refractivity contribution in [1.29, 1.82) is 0 Å². The highest BCUT2D eigenvalue weighted by Crippen LogP contribution is 2.26. The van der Waals surface area contributed by atoms with E-state index in [0.717, 1.165) is 54.0 Å². The molecule has 0 spiro atoms. The SMILES string of the molecule is Cc1ccc(C)c(-n2nc(-c3ccccc3)cc2C(=O)N2CCC(C)CC2)c1. The summed E-state index contributed by atoms with van der Waals surface area (Å²) >= 11 is 0. The van der Waals surface area contributed by atoms with Crippen LogP contribution >= 0.6 is 0 Å². The van der Waals surface area contributed by atoms with Crippen LogP contribution in [0.2, 0.25) is 0 Å². The summed E-state index contributed by atoms with van der Waals surface area (Å²) in [5, 5.41) is 4.85. The van der Waals surface area contributed by atoms with Crippen LogP contribution in [0.1, 0.15) is 41.4 Å². The van der Waals surface area contributed by atoms with Gasteiger partial charge in [-0.3, -0.25) is 4.79 Å². The Morgan fingerprint density at radius 1 is 1.00 bits per heavy atom. The van der Waals surface area contributed by atoms with Crippen molar-refractivity contribution in [3.05, 3.63) is 71.4 Å². The number of carbonyl (C=O) groups excluding carboxylic acids is 1. The molecule has 4 nitrogen and oxygen atoms in total. The maximum atomic E-state index is 13.4. The van der Waals surface area contributed by atoms with Crippen molar-refractivity contribution >= 4 is 5.91 Å². The van der Waals surface area contributed by atoms with Gasteiger partial charge in [0.15, 0.2) is 0 Å². The molecule has 28 heavy (non-hydrogen) atoms. The minimum Gasteiger partial charge on any atom is -0.337 e. The molecule has 2 heterocycles. The molecule has 1 aliphatic rings. The zero-order chi connectivity index (χ0) is 19.7. The van der Waals surface area contributed by atoms with Gasteiger partial charge >= 0.3 is 0 Å². The number of aryl methyl sites for hydroxylation is 2. The van der Waals surface area contributed by atoms with Crippen molar-refractivity contribution in [2.24, 2.45) is 5.92 Å². The fourth-order valence-corrected chi connectivity index (χ4v) is 3.79. The smallest absolute Gasteiger partial charge is 0.272 e. The van der Waals surface area contributed by atoms with Crippen LogP contribution in [0.25, 0.3) is 16.9 Å². The molecule has 0 aliphatic carbocycles. The van der Waals surface area contributed by atoms with E-state index in [1.807, 2.05) is 46.0 Å². The van der Waals surface area contributed by atoms with E-state index in [4.69, 9.17) is 5.10 Å². The van der Waals surface area contributed by atoms with E-state index in [-0.39, 0.29) is 5.91 Å². The van der Waals surface area contributed by atoms with Gasteiger partial charge < -0.3 is 4.90 Å². The minimum atomic E-state index is 0.0717. The number of rotatable bonds is 3. The van der Waals surface area contributed by atoms with Crippen LogP contribution in [-0.4, -0.2) is 33.7 Å². The third-order valence-electron chi connectivity index (χ3n) is 5.66. The Kier molecular flexibility index (Phi) is 5.03. The minimum absolute atomic E-state index is 0.0717. The number of benzene rings is 2. The molecule has 4 rings (SSSR count). The molecule has 144 valence electrons. The van der Waals surface area contributed by atoms with Crippen molar-refractivity contribution in [3.8, 4) is 16.9 Å². The summed E-state index contributed by atoms with van der Waals surface area (Å²) in [6.45, 7) is 8.03. The summed E-state index contributed by atoms with van der Waals surface area (Å²) in [4.78, 5) is 15.4. The molecule has 4 heteroatoms. The number of amides is 1. The molecule has 0 unspecified atom stereocenters. The summed E-state index contributed by atoms with van der Waals surface area (Å²) in [6, 6.07) is 18.3. The number of hydrogen-bond acceptors (Lipinski definition) is 2. The van der Waals surface area contributed by atoms with Gasteiger partial charge in [0.1, 0.15) is 5.69 Å². The number of hydrogen-bond donors (Lipinski definition) is 0. The zero-order valence-corrected chi connectivity index (χ0v) is 16.9. The van der Waals surface area contributed by atoms with E-state index in [1.165, 1.54) is 0 Å². The van der Waals surface area contributed by atoms with E-state index in [9.17, 15) is 4.79 Å².